The Morgan fingerprint density at radius 3 is 2.71 bits per heavy atom. The van der Waals surface area contributed by atoms with Gasteiger partial charge in [-0.2, -0.15) is 0 Å². The molecule has 7 heteroatoms. The van der Waals surface area contributed by atoms with Crippen LogP contribution in [0.4, 0.5) is 10.5 Å². The Balaban J connectivity index is 2.72. The molecule has 0 aliphatic carbocycles. The molecular formula is C14H15ClN2O4. The van der Waals surface area contributed by atoms with Crippen LogP contribution in [0.3, 0.4) is 0 Å². The number of nitrogens with one attached hydrogen (secondary N) is 1. The number of carbonyl (C=O) groups excluding carboxylic acids is 1. The van der Waals surface area contributed by atoms with Crippen molar-refractivity contribution in [3.05, 3.63) is 38.9 Å². The van der Waals surface area contributed by atoms with Crippen molar-refractivity contribution in [1.29, 1.82) is 0 Å². The molecule has 0 aliphatic heterocycles. The van der Waals surface area contributed by atoms with Crippen LogP contribution in [0, 0.1) is 22.0 Å². The summed E-state index contributed by atoms with van der Waals surface area (Å²) in [5.41, 5.74) is -0.651. The first-order valence-electron chi connectivity index (χ1n) is 6.09. The van der Waals surface area contributed by atoms with Crippen LogP contribution in [-0.4, -0.2) is 23.2 Å². The molecule has 112 valence electrons. The topological polar surface area (TPSA) is 81.5 Å². The fourth-order valence-corrected chi connectivity index (χ4v) is 1.57. The van der Waals surface area contributed by atoms with E-state index in [1.807, 2.05) is 0 Å². The second-order valence-electron chi connectivity index (χ2n) is 5.05. The number of hydrogen-bond donors (Lipinski definition) is 1. The van der Waals surface area contributed by atoms with Crippen molar-refractivity contribution in [1.82, 2.24) is 5.32 Å². The molecule has 6 nitrogen and oxygen atoms in total. The van der Waals surface area contributed by atoms with Crippen molar-refractivity contribution in [2.45, 2.75) is 26.4 Å². The number of carbonyl (C=O) groups is 1. The quantitative estimate of drug-likeness (QED) is 0.517. The standard InChI is InChI=1S/C14H15ClN2O4/c1-14(2,3)21-13(18)16-9-5-6-10-11(15)7-4-8-12(10)17(19)20/h4,7-8H,9H2,1-3H3,(H,16,18). The Hall–Kier alpha value is -2.26. The third kappa shape index (κ3) is 5.71. The van der Waals surface area contributed by atoms with Crippen LogP contribution in [0.15, 0.2) is 18.2 Å². The number of nitrogens with zero attached hydrogens (tertiary/aromatic N) is 1. The lowest BCUT2D eigenvalue weighted by atomic mass is 10.2. The molecule has 0 spiro atoms. The zero-order valence-electron chi connectivity index (χ0n) is 11.9. The molecule has 0 saturated carbocycles. The fraction of sp³-hybridized carbons (Fsp3) is 0.357. The molecule has 21 heavy (non-hydrogen) atoms. The SMILES string of the molecule is CC(C)(C)OC(=O)NCC#Cc1c(Cl)cccc1[N+](=O)[O-]. The van der Waals surface area contributed by atoms with E-state index in [9.17, 15) is 14.9 Å². The minimum Gasteiger partial charge on any atom is -0.444 e. The first kappa shape index (κ1) is 16.8. The third-order valence-electron chi connectivity index (χ3n) is 2.12. The molecule has 0 atom stereocenters. The first-order valence-corrected chi connectivity index (χ1v) is 6.47. The molecule has 0 heterocycles. The van der Waals surface area contributed by atoms with Crippen molar-refractivity contribution in [3.63, 3.8) is 0 Å². The van der Waals surface area contributed by atoms with E-state index < -0.39 is 16.6 Å². The average Bonchev–Trinajstić information content (AvgIpc) is 2.33. The Labute approximate surface area is 127 Å². The second kappa shape index (κ2) is 6.95. The number of ether oxygens (including phenoxy) is 1. The molecule has 0 aromatic heterocycles. The van der Waals surface area contributed by atoms with Crippen molar-refractivity contribution in [2.24, 2.45) is 0 Å². The summed E-state index contributed by atoms with van der Waals surface area (Å²) < 4.78 is 5.02. The molecule has 0 aliphatic rings. The second-order valence-corrected chi connectivity index (χ2v) is 5.46. The Kier molecular flexibility index (Phi) is 5.56. The van der Waals surface area contributed by atoms with Gasteiger partial charge in [-0.15, -0.1) is 0 Å². The molecule has 0 fully saturated rings. The van der Waals surface area contributed by atoms with Gasteiger partial charge in [-0.25, -0.2) is 4.79 Å². The highest BCUT2D eigenvalue weighted by Gasteiger charge is 2.16. The summed E-state index contributed by atoms with van der Waals surface area (Å²) in [6.07, 6.45) is -0.606. The van der Waals surface area contributed by atoms with Crippen molar-refractivity contribution >= 4 is 23.4 Å². The van der Waals surface area contributed by atoms with Crippen molar-refractivity contribution in [2.75, 3.05) is 6.54 Å². The lowest BCUT2D eigenvalue weighted by Gasteiger charge is -2.18. The molecule has 0 unspecified atom stereocenters. The highest BCUT2D eigenvalue weighted by Crippen LogP contribution is 2.24. The van der Waals surface area contributed by atoms with Gasteiger partial charge in [0.2, 0.25) is 0 Å². The normalized spacial score (nSPS) is 10.3. The van der Waals surface area contributed by atoms with Gasteiger partial charge >= 0.3 is 6.09 Å². The molecule has 0 saturated heterocycles. The maximum atomic E-state index is 11.4. The lowest BCUT2D eigenvalue weighted by Crippen LogP contribution is -2.32. The monoisotopic (exact) mass is 310 g/mol. The van der Waals surface area contributed by atoms with Gasteiger partial charge in [0.25, 0.3) is 5.69 Å². The van der Waals surface area contributed by atoms with Crippen molar-refractivity contribution < 1.29 is 14.5 Å². The van der Waals surface area contributed by atoms with Gasteiger partial charge in [-0.3, -0.25) is 10.1 Å². The summed E-state index contributed by atoms with van der Waals surface area (Å²) in [4.78, 5) is 21.7. The molecule has 1 rings (SSSR count). The molecule has 0 radical (unpaired) electrons. The molecular weight excluding hydrogens is 296 g/mol. The predicted molar refractivity (Wildman–Crippen MR) is 79.2 cm³/mol. The number of rotatable bonds is 2. The summed E-state index contributed by atoms with van der Waals surface area (Å²) in [6.45, 7) is 5.22. The van der Waals surface area contributed by atoms with Gasteiger partial charge in [0, 0.05) is 6.07 Å². The largest absolute Gasteiger partial charge is 0.444 e. The third-order valence-corrected chi connectivity index (χ3v) is 2.44. The number of alkyl carbamates (subject to hydrolysis) is 1. The Morgan fingerprint density at radius 1 is 1.48 bits per heavy atom. The minimum atomic E-state index is -0.606. The van der Waals surface area contributed by atoms with E-state index in [-0.39, 0.29) is 22.8 Å². The minimum absolute atomic E-state index is 0.00269. The van der Waals surface area contributed by atoms with Gasteiger partial charge in [-0.05, 0) is 26.8 Å². The van der Waals surface area contributed by atoms with Gasteiger partial charge in [0.1, 0.15) is 11.2 Å². The van der Waals surface area contributed by atoms with Gasteiger partial charge in [-0.1, -0.05) is 29.5 Å². The van der Waals surface area contributed by atoms with Gasteiger partial charge < -0.3 is 10.1 Å². The van der Waals surface area contributed by atoms with E-state index in [0.29, 0.717) is 0 Å². The summed E-state index contributed by atoms with van der Waals surface area (Å²) in [7, 11) is 0. The smallest absolute Gasteiger partial charge is 0.408 e. The Bertz CT molecular complexity index is 612. The van der Waals surface area contributed by atoms with Crippen molar-refractivity contribution in [3.8, 4) is 11.8 Å². The van der Waals surface area contributed by atoms with E-state index in [0.717, 1.165) is 0 Å². The number of nitro benzene ring substituents is 1. The molecule has 1 N–H and O–H groups in total. The van der Waals surface area contributed by atoms with E-state index >= 15 is 0 Å². The highest BCUT2D eigenvalue weighted by molar-refractivity contribution is 6.32. The van der Waals surface area contributed by atoms with E-state index in [2.05, 4.69) is 17.2 Å². The van der Waals surface area contributed by atoms with Crippen LogP contribution in [0.1, 0.15) is 26.3 Å². The molecule has 0 bridgehead atoms. The van der Waals surface area contributed by atoms with E-state index in [1.165, 1.54) is 18.2 Å². The van der Waals surface area contributed by atoms with Crippen LogP contribution in [0.5, 0.6) is 0 Å². The highest BCUT2D eigenvalue weighted by atomic mass is 35.5. The van der Waals surface area contributed by atoms with Crippen LogP contribution in [-0.2, 0) is 4.74 Å². The van der Waals surface area contributed by atoms with Gasteiger partial charge in [0.05, 0.1) is 16.5 Å². The van der Waals surface area contributed by atoms with E-state index in [1.54, 1.807) is 20.8 Å². The number of halogens is 1. The van der Waals surface area contributed by atoms with Gasteiger partial charge in [0.15, 0.2) is 0 Å². The zero-order valence-corrected chi connectivity index (χ0v) is 12.7. The van der Waals surface area contributed by atoms with Crippen LogP contribution in [0.25, 0.3) is 0 Å². The zero-order chi connectivity index (χ0) is 16.0. The number of amides is 1. The number of hydrogen-bond acceptors (Lipinski definition) is 4. The van der Waals surface area contributed by atoms with Crippen LogP contribution >= 0.6 is 11.6 Å². The van der Waals surface area contributed by atoms with E-state index in [4.69, 9.17) is 16.3 Å². The number of nitro groups is 1. The summed E-state index contributed by atoms with van der Waals surface area (Å²) >= 11 is 5.88. The maximum absolute atomic E-state index is 11.4. The average molecular weight is 311 g/mol. The summed E-state index contributed by atoms with van der Waals surface area (Å²) in [5, 5.41) is 13.5. The van der Waals surface area contributed by atoms with Crippen LogP contribution in [0.2, 0.25) is 5.02 Å². The molecule has 1 amide bonds. The van der Waals surface area contributed by atoms with Crippen LogP contribution < -0.4 is 5.32 Å². The predicted octanol–water partition coefficient (Wildman–Crippen LogP) is 3.12. The molecule has 1 aromatic rings. The Morgan fingerprint density at radius 2 is 2.14 bits per heavy atom. The first-order chi connectivity index (χ1) is 9.70. The fourth-order valence-electron chi connectivity index (χ4n) is 1.35. The lowest BCUT2D eigenvalue weighted by molar-refractivity contribution is -0.385. The maximum Gasteiger partial charge on any atom is 0.408 e. The summed E-state index contributed by atoms with van der Waals surface area (Å²) in [5.74, 6) is 5.19. The molecule has 1 aromatic carbocycles. The number of benzene rings is 1. The summed E-state index contributed by atoms with van der Waals surface area (Å²) in [6, 6.07) is 4.31.